The highest BCUT2D eigenvalue weighted by Gasteiger charge is 2.22. The molecule has 2 N–H and O–H groups in total. The maximum Gasteiger partial charge on any atom is 0.267 e. The van der Waals surface area contributed by atoms with Gasteiger partial charge in [0.25, 0.3) is 5.56 Å². The maximum absolute atomic E-state index is 13.1. The van der Waals surface area contributed by atoms with Crippen LogP contribution in [-0.4, -0.2) is 29.5 Å². The van der Waals surface area contributed by atoms with E-state index in [-0.39, 0.29) is 11.6 Å². The van der Waals surface area contributed by atoms with Crippen molar-refractivity contribution in [3.63, 3.8) is 0 Å². The number of rotatable bonds is 5. The molecule has 164 valence electrons. The third-order valence-electron chi connectivity index (χ3n) is 5.76. The van der Waals surface area contributed by atoms with Gasteiger partial charge < -0.3 is 5.73 Å². The highest BCUT2D eigenvalue weighted by molar-refractivity contribution is 5.88. The molecule has 0 amide bonds. The fourth-order valence-corrected chi connectivity index (χ4v) is 4.08. The van der Waals surface area contributed by atoms with Crippen LogP contribution in [0.15, 0.2) is 77.9 Å². The van der Waals surface area contributed by atoms with Crippen molar-refractivity contribution in [3.8, 4) is 11.3 Å². The van der Waals surface area contributed by atoms with Crippen molar-refractivity contribution in [2.45, 2.75) is 26.4 Å². The van der Waals surface area contributed by atoms with Crippen LogP contribution in [0, 0.1) is 6.92 Å². The lowest BCUT2D eigenvalue weighted by Gasteiger charge is -2.18. The van der Waals surface area contributed by atoms with Gasteiger partial charge in [-0.15, -0.1) is 0 Å². The number of nitrogens with zero attached hydrogens (tertiary/aromatic N) is 6. The Labute approximate surface area is 190 Å². The van der Waals surface area contributed by atoms with Crippen LogP contribution in [0.1, 0.15) is 29.8 Å². The van der Waals surface area contributed by atoms with Crippen molar-refractivity contribution in [1.29, 1.82) is 0 Å². The van der Waals surface area contributed by atoms with Gasteiger partial charge in [-0.05, 0) is 19.4 Å². The van der Waals surface area contributed by atoms with E-state index in [4.69, 9.17) is 10.8 Å². The molecule has 0 spiro atoms. The lowest BCUT2D eigenvalue weighted by molar-refractivity contribution is 0.561. The molecule has 5 rings (SSSR count). The first kappa shape index (κ1) is 20.6. The van der Waals surface area contributed by atoms with Crippen molar-refractivity contribution in [2.75, 3.05) is 5.73 Å². The number of hydrogen-bond donors (Lipinski definition) is 1. The SMILES string of the molecule is Cc1nn(C(C)c2cc(=O)n(Cc3ccccc3)nc2-c2ccccc2)c2ncnc(N)c12. The first-order chi connectivity index (χ1) is 16.0. The summed E-state index contributed by atoms with van der Waals surface area (Å²) in [4.78, 5) is 21.6. The maximum atomic E-state index is 13.1. The third-order valence-corrected chi connectivity index (χ3v) is 5.76. The largest absolute Gasteiger partial charge is 0.383 e. The number of nitrogens with two attached hydrogens (primary N) is 1. The van der Waals surface area contributed by atoms with Gasteiger partial charge in [-0.1, -0.05) is 60.7 Å². The fraction of sp³-hybridized carbons (Fsp3) is 0.160. The predicted molar refractivity (Wildman–Crippen MR) is 128 cm³/mol. The summed E-state index contributed by atoms with van der Waals surface area (Å²) in [5, 5.41) is 10.2. The molecule has 8 nitrogen and oxygen atoms in total. The second-order valence-corrected chi connectivity index (χ2v) is 7.96. The van der Waals surface area contributed by atoms with Gasteiger partial charge in [0.2, 0.25) is 0 Å². The quantitative estimate of drug-likeness (QED) is 0.450. The van der Waals surface area contributed by atoms with Gasteiger partial charge >= 0.3 is 0 Å². The smallest absolute Gasteiger partial charge is 0.267 e. The molecule has 33 heavy (non-hydrogen) atoms. The monoisotopic (exact) mass is 437 g/mol. The van der Waals surface area contributed by atoms with E-state index in [9.17, 15) is 4.79 Å². The molecular formula is C25H23N7O. The summed E-state index contributed by atoms with van der Waals surface area (Å²) >= 11 is 0. The van der Waals surface area contributed by atoms with Gasteiger partial charge in [-0.3, -0.25) is 4.79 Å². The van der Waals surface area contributed by atoms with E-state index in [0.717, 1.165) is 33.5 Å². The van der Waals surface area contributed by atoms with Crippen molar-refractivity contribution in [2.24, 2.45) is 0 Å². The Morgan fingerprint density at radius 1 is 0.970 bits per heavy atom. The topological polar surface area (TPSA) is 105 Å². The molecule has 0 aliphatic heterocycles. The van der Waals surface area contributed by atoms with Crippen LogP contribution in [0.2, 0.25) is 0 Å². The fourth-order valence-electron chi connectivity index (χ4n) is 4.08. The molecule has 0 aliphatic carbocycles. The van der Waals surface area contributed by atoms with E-state index in [1.807, 2.05) is 74.5 Å². The minimum atomic E-state index is -0.308. The Balaban J connectivity index is 1.68. The first-order valence-corrected chi connectivity index (χ1v) is 10.7. The molecule has 1 atom stereocenters. The third kappa shape index (κ3) is 3.76. The van der Waals surface area contributed by atoms with E-state index >= 15 is 0 Å². The number of hydrogen-bond acceptors (Lipinski definition) is 6. The molecule has 0 saturated heterocycles. The molecule has 1 unspecified atom stereocenters. The van der Waals surface area contributed by atoms with Crippen molar-refractivity contribution in [3.05, 3.63) is 100 Å². The molecule has 3 aromatic heterocycles. The Bertz CT molecular complexity index is 1490. The second-order valence-electron chi connectivity index (χ2n) is 7.96. The van der Waals surface area contributed by atoms with Gasteiger partial charge in [0.15, 0.2) is 5.65 Å². The summed E-state index contributed by atoms with van der Waals surface area (Å²) in [6, 6.07) is 21.0. The van der Waals surface area contributed by atoms with E-state index < -0.39 is 0 Å². The molecule has 0 fully saturated rings. The molecular weight excluding hydrogens is 414 g/mol. The molecule has 2 aromatic carbocycles. The molecule has 5 aromatic rings. The Kier molecular flexibility index (Phi) is 5.18. The Morgan fingerprint density at radius 2 is 1.67 bits per heavy atom. The zero-order valence-electron chi connectivity index (χ0n) is 18.4. The second kappa shape index (κ2) is 8.31. The molecule has 3 heterocycles. The Hall–Kier alpha value is -4.33. The van der Waals surface area contributed by atoms with Gasteiger partial charge in [0, 0.05) is 17.2 Å². The van der Waals surface area contributed by atoms with Crippen LogP contribution in [0.3, 0.4) is 0 Å². The van der Waals surface area contributed by atoms with Crippen LogP contribution in [0.4, 0.5) is 5.82 Å². The minimum absolute atomic E-state index is 0.178. The van der Waals surface area contributed by atoms with Gasteiger partial charge in [-0.25, -0.2) is 19.3 Å². The number of fused-ring (bicyclic) bond motifs is 1. The standard InChI is InChI=1S/C25H23N7O/c1-16-22-24(26)27-15-28-25(22)32(29-16)17(2)20-13-21(33)31(14-18-9-5-3-6-10-18)30-23(20)19-11-7-4-8-12-19/h3-13,15,17H,14H2,1-2H3,(H2,26,27,28). The molecule has 8 heteroatoms. The summed E-state index contributed by atoms with van der Waals surface area (Å²) in [7, 11) is 0. The van der Waals surface area contributed by atoms with Crippen LogP contribution in [0.25, 0.3) is 22.3 Å². The minimum Gasteiger partial charge on any atom is -0.383 e. The highest BCUT2D eigenvalue weighted by Crippen LogP contribution is 2.30. The lowest BCUT2D eigenvalue weighted by Crippen LogP contribution is -2.26. The predicted octanol–water partition coefficient (Wildman–Crippen LogP) is 3.60. The zero-order chi connectivity index (χ0) is 22.9. The molecule has 0 bridgehead atoms. The summed E-state index contributed by atoms with van der Waals surface area (Å²) in [6.45, 7) is 4.25. The number of aryl methyl sites for hydroxylation is 1. The number of nitrogen functional groups attached to an aromatic ring is 1. The van der Waals surface area contributed by atoms with Crippen molar-refractivity contribution < 1.29 is 0 Å². The summed E-state index contributed by atoms with van der Waals surface area (Å²) < 4.78 is 3.29. The van der Waals surface area contributed by atoms with E-state index in [2.05, 4.69) is 15.1 Å². The van der Waals surface area contributed by atoms with Crippen molar-refractivity contribution >= 4 is 16.9 Å². The number of anilines is 1. The van der Waals surface area contributed by atoms with Gasteiger partial charge in [-0.2, -0.15) is 10.2 Å². The van der Waals surface area contributed by atoms with Crippen molar-refractivity contribution in [1.82, 2.24) is 29.5 Å². The van der Waals surface area contributed by atoms with Crippen LogP contribution >= 0.6 is 0 Å². The van der Waals surface area contributed by atoms with Gasteiger partial charge in [0.05, 0.1) is 29.4 Å². The number of benzene rings is 2. The molecule has 0 radical (unpaired) electrons. The van der Waals surface area contributed by atoms with E-state index in [0.29, 0.717) is 18.0 Å². The average molecular weight is 438 g/mol. The average Bonchev–Trinajstić information content (AvgIpc) is 3.18. The summed E-state index contributed by atoms with van der Waals surface area (Å²) in [5.41, 5.74) is 10.7. The lowest BCUT2D eigenvalue weighted by atomic mass is 10.0. The summed E-state index contributed by atoms with van der Waals surface area (Å²) in [5.74, 6) is 0.385. The van der Waals surface area contributed by atoms with E-state index in [1.54, 1.807) is 10.7 Å². The molecule has 0 saturated carbocycles. The zero-order valence-corrected chi connectivity index (χ0v) is 18.4. The van der Waals surface area contributed by atoms with Crippen LogP contribution in [-0.2, 0) is 6.54 Å². The number of aromatic nitrogens is 6. The summed E-state index contributed by atoms with van der Waals surface area (Å²) in [6.07, 6.45) is 1.43. The van der Waals surface area contributed by atoms with Crippen LogP contribution in [0.5, 0.6) is 0 Å². The van der Waals surface area contributed by atoms with E-state index in [1.165, 1.54) is 11.0 Å². The Morgan fingerprint density at radius 3 is 2.39 bits per heavy atom. The van der Waals surface area contributed by atoms with Gasteiger partial charge in [0.1, 0.15) is 12.1 Å². The molecule has 0 aliphatic rings. The normalized spacial score (nSPS) is 12.2. The highest BCUT2D eigenvalue weighted by atomic mass is 16.1. The first-order valence-electron chi connectivity index (χ1n) is 10.7. The van der Waals surface area contributed by atoms with Crippen LogP contribution < -0.4 is 11.3 Å².